The van der Waals surface area contributed by atoms with Gasteiger partial charge >= 0.3 is 0 Å². The topological polar surface area (TPSA) is 29.5 Å². The van der Waals surface area contributed by atoms with Crippen molar-refractivity contribution in [1.82, 2.24) is 4.90 Å². The zero-order valence-corrected chi connectivity index (χ0v) is 10.3. The van der Waals surface area contributed by atoms with Crippen molar-refractivity contribution in [3.05, 3.63) is 35.9 Å². The fourth-order valence-electron chi connectivity index (χ4n) is 2.10. The summed E-state index contributed by atoms with van der Waals surface area (Å²) in [5, 5.41) is 0. The highest BCUT2D eigenvalue weighted by Gasteiger charge is 2.19. The molecule has 0 aliphatic carbocycles. The first-order valence-electron chi connectivity index (χ1n) is 6.18. The van der Waals surface area contributed by atoms with E-state index in [2.05, 4.69) is 19.1 Å². The molecular weight excluding hydrogens is 214 g/mol. The summed E-state index contributed by atoms with van der Waals surface area (Å²) < 4.78 is 5.25. The molecule has 92 valence electrons. The van der Waals surface area contributed by atoms with Crippen LogP contribution in [0.4, 0.5) is 0 Å². The lowest BCUT2D eigenvalue weighted by Crippen LogP contribution is -2.41. The summed E-state index contributed by atoms with van der Waals surface area (Å²) in [6.45, 7) is 4.92. The van der Waals surface area contributed by atoms with E-state index in [0.717, 1.165) is 13.1 Å². The van der Waals surface area contributed by atoms with Crippen LogP contribution in [0.3, 0.4) is 0 Å². The highest BCUT2D eigenvalue weighted by molar-refractivity contribution is 5.77. The summed E-state index contributed by atoms with van der Waals surface area (Å²) in [6.07, 6.45) is 0.587. The molecular formula is C14H19NO2. The van der Waals surface area contributed by atoms with E-state index >= 15 is 0 Å². The average molecular weight is 233 g/mol. The first-order chi connectivity index (χ1) is 8.27. The molecule has 0 aromatic heterocycles. The van der Waals surface area contributed by atoms with Gasteiger partial charge in [-0.3, -0.25) is 4.79 Å². The summed E-state index contributed by atoms with van der Waals surface area (Å²) >= 11 is 0. The highest BCUT2D eigenvalue weighted by atomic mass is 16.5. The zero-order valence-electron chi connectivity index (χ0n) is 10.3. The molecule has 1 aliphatic rings. The number of morpholine rings is 1. The largest absolute Gasteiger partial charge is 0.378 e. The third-order valence-electron chi connectivity index (χ3n) is 3.21. The molecule has 0 saturated carbocycles. The van der Waals surface area contributed by atoms with Gasteiger partial charge in [0.05, 0.1) is 13.2 Å². The monoisotopic (exact) mass is 233 g/mol. The Morgan fingerprint density at radius 3 is 2.59 bits per heavy atom. The van der Waals surface area contributed by atoms with Gasteiger partial charge in [0.15, 0.2) is 0 Å². The Balaban J connectivity index is 1.89. The molecule has 0 radical (unpaired) electrons. The fraction of sp³-hybridized carbons (Fsp3) is 0.500. The number of hydrogen-bond acceptors (Lipinski definition) is 2. The van der Waals surface area contributed by atoms with Gasteiger partial charge in [0, 0.05) is 19.5 Å². The van der Waals surface area contributed by atoms with Crippen molar-refractivity contribution in [3.63, 3.8) is 0 Å². The van der Waals surface area contributed by atoms with Crippen LogP contribution in [-0.2, 0) is 9.53 Å². The maximum Gasteiger partial charge on any atom is 0.223 e. The van der Waals surface area contributed by atoms with Crippen molar-refractivity contribution in [2.45, 2.75) is 19.3 Å². The summed E-state index contributed by atoms with van der Waals surface area (Å²) in [6, 6.07) is 10.2. The van der Waals surface area contributed by atoms with E-state index in [4.69, 9.17) is 4.74 Å². The number of benzene rings is 1. The van der Waals surface area contributed by atoms with Gasteiger partial charge in [-0.05, 0) is 11.5 Å². The first kappa shape index (κ1) is 12.1. The second kappa shape index (κ2) is 5.82. The van der Waals surface area contributed by atoms with Gasteiger partial charge in [0.2, 0.25) is 5.91 Å². The first-order valence-corrected chi connectivity index (χ1v) is 6.18. The lowest BCUT2D eigenvalue weighted by Gasteiger charge is -2.28. The zero-order chi connectivity index (χ0) is 12.1. The molecule has 17 heavy (non-hydrogen) atoms. The number of carbonyl (C=O) groups is 1. The molecule has 3 nitrogen and oxygen atoms in total. The van der Waals surface area contributed by atoms with Crippen LogP contribution < -0.4 is 0 Å². The molecule has 0 bridgehead atoms. The van der Waals surface area contributed by atoms with Crippen LogP contribution in [0.1, 0.15) is 24.8 Å². The second-order valence-corrected chi connectivity index (χ2v) is 4.51. The van der Waals surface area contributed by atoms with Gasteiger partial charge in [-0.1, -0.05) is 37.3 Å². The molecule has 1 saturated heterocycles. The van der Waals surface area contributed by atoms with E-state index in [1.54, 1.807) is 0 Å². The minimum Gasteiger partial charge on any atom is -0.378 e. The van der Waals surface area contributed by atoms with E-state index in [0.29, 0.717) is 19.6 Å². The number of hydrogen-bond donors (Lipinski definition) is 0. The molecule has 1 heterocycles. The summed E-state index contributed by atoms with van der Waals surface area (Å²) in [5.41, 5.74) is 1.23. The SMILES string of the molecule is C[C@@H](CC(=O)N1CCOCC1)c1ccccc1. The smallest absolute Gasteiger partial charge is 0.223 e. The molecule has 1 atom stereocenters. The van der Waals surface area contributed by atoms with Gasteiger partial charge < -0.3 is 9.64 Å². The molecule has 0 spiro atoms. The van der Waals surface area contributed by atoms with Crippen LogP contribution in [-0.4, -0.2) is 37.1 Å². The van der Waals surface area contributed by atoms with Crippen molar-refractivity contribution < 1.29 is 9.53 Å². The van der Waals surface area contributed by atoms with Crippen LogP contribution >= 0.6 is 0 Å². The second-order valence-electron chi connectivity index (χ2n) is 4.51. The lowest BCUT2D eigenvalue weighted by atomic mass is 9.97. The Hall–Kier alpha value is -1.35. The molecule has 2 rings (SSSR count). The van der Waals surface area contributed by atoms with Crippen molar-refractivity contribution in [2.24, 2.45) is 0 Å². The molecule has 1 aromatic carbocycles. The fourth-order valence-corrected chi connectivity index (χ4v) is 2.10. The number of rotatable bonds is 3. The van der Waals surface area contributed by atoms with E-state index < -0.39 is 0 Å². The molecule has 3 heteroatoms. The van der Waals surface area contributed by atoms with Crippen molar-refractivity contribution in [2.75, 3.05) is 26.3 Å². The Morgan fingerprint density at radius 2 is 1.94 bits per heavy atom. The minimum absolute atomic E-state index is 0.240. The van der Waals surface area contributed by atoms with Gasteiger partial charge in [-0.25, -0.2) is 0 Å². The third kappa shape index (κ3) is 3.30. The Labute approximate surface area is 102 Å². The maximum atomic E-state index is 12.1. The highest BCUT2D eigenvalue weighted by Crippen LogP contribution is 2.19. The van der Waals surface area contributed by atoms with E-state index in [9.17, 15) is 4.79 Å². The summed E-state index contributed by atoms with van der Waals surface area (Å²) in [7, 11) is 0. The number of carbonyl (C=O) groups excluding carboxylic acids is 1. The lowest BCUT2D eigenvalue weighted by molar-refractivity contribution is -0.135. The number of nitrogens with zero attached hydrogens (tertiary/aromatic N) is 1. The molecule has 0 N–H and O–H groups in total. The Kier molecular flexibility index (Phi) is 4.15. The van der Waals surface area contributed by atoms with Crippen LogP contribution in [0, 0.1) is 0 Å². The molecule has 1 aromatic rings. The van der Waals surface area contributed by atoms with Crippen molar-refractivity contribution in [3.8, 4) is 0 Å². The number of amides is 1. The van der Waals surface area contributed by atoms with Gasteiger partial charge in [0.1, 0.15) is 0 Å². The third-order valence-corrected chi connectivity index (χ3v) is 3.21. The van der Waals surface area contributed by atoms with E-state index in [1.807, 2.05) is 23.1 Å². The predicted molar refractivity (Wildman–Crippen MR) is 66.9 cm³/mol. The Morgan fingerprint density at radius 1 is 1.29 bits per heavy atom. The standard InChI is InChI=1S/C14H19NO2/c1-12(13-5-3-2-4-6-13)11-14(16)15-7-9-17-10-8-15/h2-6,12H,7-11H2,1H3/t12-/m0/s1. The van der Waals surface area contributed by atoms with E-state index in [1.165, 1.54) is 5.56 Å². The van der Waals surface area contributed by atoms with Crippen LogP contribution in [0.15, 0.2) is 30.3 Å². The summed E-state index contributed by atoms with van der Waals surface area (Å²) in [4.78, 5) is 14.0. The van der Waals surface area contributed by atoms with Gasteiger partial charge in [-0.2, -0.15) is 0 Å². The summed E-state index contributed by atoms with van der Waals surface area (Å²) in [5.74, 6) is 0.524. The van der Waals surface area contributed by atoms with Crippen LogP contribution in [0.2, 0.25) is 0 Å². The molecule has 0 unspecified atom stereocenters. The van der Waals surface area contributed by atoms with Crippen molar-refractivity contribution >= 4 is 5.91 Å². The van der Waals surface area contributed by atoms with Gasteiger partial charge in [-0.15, -0.1) is 0 Å². The van der Waals surface area contributed by atoms with Gasteiger partial charge in [0.25, 0.3) is 0 Å². The minimum atomic E-state index is 0.240. The number of ether oxygens (including phenoxy) is 1. The molecule has 1 amide bonds. The average Bonchev–Trinajstić information content (AvgIpc) is 2.40. The Bertz CT molecular complexity index is 358. The van der Waals surface area contributed by atoms with E-state index in [-0.39, 0.29) is 11.8 Å². The quantitative estimate of drug-likeness (QED) is 0.799. The molecule has 1 aliphatic heterocycles. The predicted octanol–water partition coefficient (Wildman–Crippen LogP) is 2.04. The molecule has 1 fully saturated rings. The van der Waals surface area contributed by atoms with Crippen molar-refractivity contribution in [1.29, 1.82) is 0 Å². The van der Waals surface area contributed by atoms with Crippen LogP contribution in [0.25, 0.3) is 0 Å². The van der Waals surface area contributed by atoms with Crippen LogP contribution in [0.5, 0.6) is 0 Å². The maximum absolute atomic E-state index is 12.1. The normalized spacial score (nSPS) is 17.8.